The van der Waals surface area contributed by atoms with Gasteiger partial charge in [-0.3, -0.25) is 10.1 Å². The summed E-state index contributed by atoms with van der Waals surface area (Å²) in [4.78, 5) is 34.2. The molecule has 0 spiro atoms. The Morgan fingerprint density at radius 2 is 1.76 bits per heavy atom. The number of carbonyl (C=O) groups is 1. The first-order valence-electron chi connectivity index (χ1n) is 8.47. The average molecular weight is 392 g/mol. The quantitative estimate of drug-likeness (QED) is 0.302. The summed E-state index contributed by atoms with van der Waals surface area (Å²) < 4.78 is 5.13. The molecule has 0 atom stereocenters. The van der Waals surface area contributed by atoms with Crippen LogP contribution in [0.2, 0.25) is 0 Å². The minimum atomic E-state index is -0.813. The van der Waals surface area contributed by atoms with Gasteiger partial charge in [-0.15, -0.1) is 0 Å². The van der Waals surface area contributed by atoms with Crippen molar-refractivity contribution >= 4 is 23.8 Å². The molecule has 2 aromatic carbocycles. The van der Waals surface area contributed by atoms with E-state index in [2.05, 4.69) is 15.0 Å². The third kappa shape index (κ3) is 4.78. The second kappa shape index (κ2) is 8.26. The zero-order chi connectivity index (χ0) is 21.0. The Bertz CT molecular complexity index is 1090. The Hall–Kier alpha value is -4.14. The van der Waals surface area contributed by atoms with Gasteiger partial charge < -0.3 is 9.84 Å². The topological polar surface area (TPSA) is 128 Å². The number of rotatable bonds is 5. The van der Waals surface area contributed by atoms with Crippen molar-refractivity contribution in [1.82, 2.24) is 15.0 Å². The fraction of sp³-hybridized carbons (Fsp3) is 0.100. The van der Waals surface area contributed by atoms with Gasteiger partial charge in [-0.25, -0.2) is 19.7 Å². The van der Waals surface area contributed by atoms with E-state index in [9.17, 15) is 20.0 Å². The second-order valence-corrected chi connectivity index (χ2v) is 6.14. The van der Waals surface area contributed by atoms with Crippen molar-refractivity contribution in [2.45, 2.75) is 13.8 Å². The highest BCUT2D eigenvalue weighted by Crippen LogP contribution is 2.24. The molecule has 1 heterocycles. The number of benzene rings is 2. The van der Waals surface area contributed by atoms with E-state index >= 15 is 0 Å². The third-order valence-corrected chi connectivity index (χ3v) is 3.97. The van der Waals surface area contributed by atoms with Crippen molar-refractivity contribution < 1.29 is 19.6 Å². The molecule has 29 heavy (non-hydrogen) atoms. The van der Waals surface area contributed by atoms with E-state index in [1.54, 1.807) is 26.0 Å². The molecule has 0 fully saturated rings. The van der Waals surface area contributed by atoms with Crippen LogP contribution in [-0.2, 0) is 0 Å². The van der Waals surface area contributed by atoms with Crippen molar-refractivity contribution in [3.05, 3.63) is 81.2 Å². The first-order chi connectivity index (χ1) is 13.8. The summed E-state index contributed by atoms with van der Waals surface area (Å²) in [6.45, 7) is 3.60. The van der Waals surface area contributed by atoms with E-state index in [1.807, 2.05) is 12.1 Å². The van der Waals surface area contributed by atoms with E-state index < -0.39 is 10.9 Å². The predicted octanol–water partition coefficient (Wildman–Crippen LogP) is 3.49. The van der Waals surface area contributed by atoms with Crippen LogP contribution >= 0.6 is 0 Å². The molecule has 3 rings (SSSR count). The van der Waals surface area contributed by atoms with E-state index in [0.29, 0.717) is 0 Å². The van der Waals surface area contributed by atoms with Crippen LogP contribution in [0.1, 0.15) is 33.1 Å². The van der Waals surface area contributed by atoms with Gasteiger partial charge in [0.1, 0.15) is 17.8 Å². The van der Waals surface area contributed by atoms with Crippen LogP contribution < -0.4 is 4.74 Å². The van der Waals surface area contributed by atoms with Gasteiger partial charge in [-0.05, 0) is 60.9 Å². The molecule has 0 saturated carbocycles. The number of aryl methyl sites for hydroxylation is 2. The molecule has 1 aromatic heterocycles. The normalized spacial score (nSPS) is 10.8. The van der Waals surface area contributed by atoms with E-state index in [4.69, 9.17) is 4.74 Å². The SMILES string of the molecule is Cc1cc(/C=C/c2ncnc(C(=O)Oc3ccc([N+](=O)[O-])cc3)n2)cc(C)c1O. The summed E-state index contributed by atoms with van der Waals surface area (Å²) in [7, 11) is 0. The molecule has 0 amide bonds. The molecule has 0 aliphatic carbocycles. The first-order valence-corrected chi connectivity index (χ1v) is 8.47. The number of ether oxygens (including phenoxy) is 1. The van der Waals surface area contributed by atoms with Crippen LogP contribution in [0.25, 0.3) is 12.2 Å². The lowest BCUT2D eigenvalue weighted by Crippen LogP contribution is -2.14. The lowest BCUT2D eigenvalue weighted by Gasteiger charge is -2.05. The number of phenolic OH excluding ortho intramolecular Hbond substituents is 1. The van der Waals surface area contributed by atoms with Crippen molar-refractivity contribution in [3.63, 3.8) is 0 Å². The van der Waals surface area contributed by atoms with Crippen LogP contribution in [0, 0.1) is 24.0 Å². The number of esters is 1. The average Bonchev–Trinajstić information content (AvgIpc) is 2.71. The molecule has 9 nitrogen and oxygen atoms in total. The maximum Gasteiger partial charge on any atom is 0.381 e. The predicted molar refractivity (Wildman–Crippen MR) is 104 cm³/mol. The Morgan fingerprint density at radius 1 is 1.10 bits per heavy atom. The lowest BCUT2D eigenvalue weighted by atomic mass is 10.1. The molecular formula is C20H16N4O5. The number of hydrogen-bond donors (Lipinski definition) is 1. The number of nitro benzene ring substituents is 1. The van der Waals surface area contributed by atoms with Gasteiger partial charge in [0.15, 0.2) is 5.82 Å². The van der Waals surface area contributed by atoms with Crippen molar-refractivity contribution in [2.24, 2.45) is 0 Å². The molecule has 1 N–H and O–H groups in total. The summed E-state index contributed by atoms with van der Waals surface area (Å²) in [5.41, 5.74) is 2.21. The Labute approximate surface area is 165 Å². The van der Waals surface area contributed by atoms with E-state index in [0.717, 1.165) is 16.7 Å². The van der Waals surface area contributed by atoms with Crippen LogP contribution in [0.3, 0.4) is 0 Å². The lowest BCUT2D eigenvalue weighted by molar-refractivity contribution is -0.384. The summed E-state index contributed by atoms with van der Waals surface area (Å²) in [5.74, 6) is -0.380. The van der Waals surface area contributed by atoms with Crippen molar-refractivity contribution in [3.8, 4) is 11.5 Å². The highest BCUT2D eigenvalue weighted by molar-refractivity contribution is 5.87. The molecule has 3 aromatic rings. The fourth-order valence-corrected chi connectivity index (χ4v) is 2.53. The van der Waals surface area contributed by atoms with E-state index in [-0.39, 0.29) is 28.8 Å². The van der Waals surface area contributed by atoms with Gasteiger partial charge in [-0.2, -0.15) is 0 Å². The molecule has 9 heteroatoms. The monoisotopic (exact) mass is 392 g/mol. The Kier molecular flexibility index (Phi) is 5.59. The van der Waals surface area contributed by atoms with Gasteiger partial charge in [0.25, 0.3) is 5.69 Å². The van der Waals surface area contributed by atoms with Gasteiger partial charge in [-0.1, -0.05) is 6.08 Å². The molecule has 0 aliphatic rings. The number of nitrogens with zero attached hydrogens (tertiary/aromatic N) is 4. The molecule has 0 radical (unpaired) electrons. The Morgan fingerprint density at radius 3 is 2.38 bits per heavy atom. The number of hydrogen-bond acceptors (Lipinski definition) is 8. The van der Waals surface area contributed by atoms with Crippen LogP contribution in [0.4, 0.5) is 5.69 Å². The number of nitro groups is 1. The Balaban J connectivity index is 1.75. The molecule has 146 valence electrons. The number of non-ortho nitro benzene ring substituents is 1. The van der Waals surface area contributed by atoms with E-state index in [1.165, 1.54) is 30.6 Å². The summed E-state index contributed by atoms with van der Waals surface area (Å²) in [5, 5.41) is 20.5. The highest BCUT2D eigenvalue weighted by atomic mass is 16.6. The van der Waals surface area contributed by atoms with Crippen molar-refractivity contribution in [2.75, 3.05) is 0 Å². The molecule has 0 aliphatic heterocycles. The number of aromatic hydroxyl groups is 1. The van der Waals surface area contributed by atoms with Crippen LogP contribution in [-0.4, -0.2) is 31.0 Å². The minimum Gasteiger partial charge on any atom is -0.507 e. The number of carbonyl (C=O) groups excluding carboxylic acids is 1. The number of aromatic nitrogens is 3. The summed E-state index contributed by atoms with van der Waals surface area (Å²) >= 11 is 0. The standard InChI is InChI=1S/C20H16N4O5/c1-12-9-14(10-13(2)18(12)25)3-8-17-21-11-22-19(23-17)20(26)29-16-6-4-15(5-7-16)24(27)28/h3-11,25H,1-2H3/b8-3+. The van der Waals surface area contributed by atoms with Crippen LogP contribution in [0.5, 0.6) is 11.5 Å². The summed E-state index contributed by atoms with van der Waals surface area (Å²) in [6.07, 6.45) is 4.54. The van der Waals surface area contributed by atoms with Crippen LogP contribution in [0.15, 0.2) is 42.7 Å². The second-order valence-electron chi connectivity index (χ2n) is 6.14. The number of phenols is 1. The fourth-order valence-electron chi connectivity index (χ4n) is 2.53. The zero-order valence-electron chi connectivity index (χ0n) is 15.6. The smallest absolute Gasteiger partial charge is 0.381 e. The largest absolute Gasteiger partial charge is 0.507 e. The third-order valence-electron chi connectivity index (χ3n) is 3.97. The molecule has 0 saturated heterocycles. The van der Waals surface area contributed by atoms with Gasteiger partial charge in [0.05, 0.1) is 4.92 Å². The van der Waals surface area contributed by atoms with Gasteiger partial charge in [0.2, 0.25) is 5.82 Å². The highest BCUT2D eigenvalue weighted by Gasteiger charge is 2.14. The molecule has 0 bridgehead atoms. The minimum absolute atomic E-state index is 0.114. The first kappa shape index (κ1) is 19.6. The van der Waals surface area contributed by atoms with Gasteiger partial charge >= 0.3 is 5.97 Å². The molecule has 0 unspecified atom stereocenters. The van der Waals surface area contributed by atoms with Crippen molar-refractivity contribution in [1.29, 1.82) is 0 Å². The van der Waals surface area contributed by atoms with Gasteiger partial charge in [0, 0.05) is 12.1 Å². The molecular weight excluding hydrogens is 376 g/mol. The maximum atomic E-state index is 12.2. The zero-order valence-corrected chi connectivity index (χ0v) is 15.6. The summed E-state index contributed by atoms with van der Waals surface area (Å²) in [6, 6.07) is 8.70. The maximum absolute atomic E-state index is 12.2.